The van der Waals surface area contributed by atoms with Crippen molar-refractivity contribution in [2.45, 2.75) is 0 Å². The van der Waals surface area contributed by atoms with Gasteiger partial charge in [-0.3, -0.25) is 0 Å². The number of imidazole rings is 1. The Morgan fingerprint density at radius 2 is 2.00 bits per heavy atom. The van der Waals surface area contributed by atoms with Crippen LogP contribution in [0, 0.1) is 0 Å². The maximum Gasteiger partial charge on any atom is 0.316 e. The minimum atomic E-state index is 0. The first-order valence-corrected chi connectivity index (χ1v) is 1.43. The van der Waals surface area contributed by atoms with Gasteiger partial charge in [0.2, 0.25) is 0 Å². The molecule has 0 spiro atoms. The number of H-pyrrole nitrogens is 1. The lowest BCUT2D eigenvalue weighted by atomic mass is 11.0. The molecule has 0 aliphatic heterocycles. The largest absolute Gasteiger partial charge is 0.412 e. The van der Waals surface area contributed by atoms with Crippen molar-refractivity contribution >= 4 is 35.5 Å². The van der Waals surface area contributed by atoms with E-state index in [1.165, 1.54) is 0 Å². The van der Waals surface area contributed by atoms with E-state index in [1.54, 1.807) is 18.7 Å². The van der Waals surface area contributed by atoms with E-state index in [9.17, 15) is 0 Å². The summed E-state index contributed by atoms with van der Waals surface area (Å²) in [6.45, 7) is 0. The lowest BCUT2D eigenvalue weighted by molar-refractivity contribution is 0.824. The van der Waals surface area contributed by atoms with Crippen LogP contribution >= 0.6 is 12.4 Å². The molecule has 1 aromatic heterocycles. The fraction of sp³-hybridized carbons (Fsp3) is 0. The van der Waals surface area contributed by atoms with Crippen LogP contribution in [0.15, 0.2) is 18.7 Å². The summed E-state index contributed by atoms with van der Waals surface area (Å²) in [5.74, 6) is 0. The Bertz CT molecular complexity index is 73.8. The van der Waals surface area contributed by atoms with Gasteiger partial charge in [0, 0.05) is 12.4 Å². The van der Waals surface area contributed by atoms with Crippen molar-refractivity contribution in [3.8, 4) is 0 Å². The lowest BCUT2D eigenvalue weighted by Gasteiger charge is -1.46. The van der Waals surface area contributed by atoms with Gasteiger partial charge in [0.05, 0.1) is 6.33 Å². The fourth-order valence-corrected chi connectivity index (χ4v) is 0.215. The fourth-order valence-electron chi connectivity index (χ4n) is 0.215. The molecule has 0 saturated carbocycles. The van der Waals surface area contributed by atoms with Crippen LogP contribution < -0.4 is 0 Å². The van der Waals surface area contributed by atoms with Gasteiger partial charge in [-0.25, -0.2) is 4.98 Å². The van der Waals surface area contributed by atoms with Gasteiger partial charge in [-0.15, -0.1) is 12.4 Å². The average molecular weight is 149 g/mol. The number of aromatic amines is 1. The van der Waals surface area contributed by atoms with Gasteiger partial charge in [-0.05, 0) is 0 Å². The predicted molar refractivity (Wildman–Crippen MR) is 38.0 cm³/mol. The van der Waals surface area contributed by atoms with Crippen LogP contribution in [-0.4, -0.2) is 38.5 Å². The van der Waals surface area contributed by atoms with Crippen molar-refractivity contribution in [2.75, 3.05) is 0 Å². The smallest absolute Gasteiger partial charge is 0.316 e. The van der Waals surface area contributed by atoms with Gasteiger partial charge >= 0.3 is 23.1 Å². The van der Waals surface area contributed by atoms with E-state index < -0.39 is 0 Å². The SMILES string of the molecule is Cl.O.[MgH2].c1c[nH]cn1. The molecule has 5 heteroatoms. The van der Waals surface area contributed by atoms with Crippen molar-refractivity contribution in [3.05, 3.63) is 18.7 Å². The van der Waals surface area contributed by atoms with E-state index in [0.29, 0.717) is 0 Å². The maximum atomic E-state index is 3.67. The molecule has 0 unspecified atom stereocenters. The highest BCUT2D eigenvalue weighted by Crippen LogP contribution is 1.62. The normalized spacial score (nSPS) is 5.00. The summed E-state index contributed by atoms with van der Waals surface area (Å²) < 4.78 is 0. The molecule has 46 valence electrons. The number of nitrogens with zero attached hydrogens (tertiary/aromatic N) is 1. The van der Waals surface area contributed by atoms with E-state index in [1.807, 2.05) is 0 Å². The third kappa shape index (κ3) is 6.23. The number of hydrogen-bond donors (Lipinski definition) is 1. The molecule has 0 saturated heterocycles. The van der Waals surface area contributed by atoms with Gasteiger partial charge in [-0.2, -0.15) is 0 Å². The first-order chi connectivity index (χ1) is 2.50. The highest BCUT2D eigenvalue weighted by Gasteiger charge is 1.56. The molecule has 1 rings (SSSR count). The summed E-state index contributed by atoms with van der Waals surface area (Å²) in [5.41, 5.74) is 0. The molecule has 0 amide bonds. The Balaban J connectivity index is -0.0000000833. The van der Waals surface area contributed by atoms with Crippen LogP contribution in [0.5, 0.6) is 0 Å². The summed E-state index contributed by atoms with van der Waals surface area (Å²) in [5, 5.41) is 0. The minimum absolute atomic E-state index is 0. The number of rotatable bonds is 0. The van der Waals surface area contributed by atoms with Gasteiger partial charge < -0.3 is 10.5 Å². The molecule has 0 radical (unpaired) electrons. The number of aromatic nitrogens is 2. The Morgan fingerprint density at radius 1 is 1.38 bits per heavy atom. The second-order valence-corrected chi connectivity index (χ2v) is 0.761. The molecule has 0 aliphatic carbocycles. The Kier molecular flexibility index (Phi) is 20.2. The Hall–Kier alpha value is 0.226. The number of nitrogens with one attached hydrogen (secondary N) is 1. The van der Waals surface area contributed by atoms with Crippen molar-refractivity contribution < 1.29 is 5.48 Å². The van der Waals surface area contributed by atoms with Crippen LogP contribution in [0.1, 0.15) is 0 Å². The second-order valence-electron chi connectivity index (χ2n) is 0.761. The Morgan fingerprint density at radius 3 is 2.12 bits per heavy atom. The summed E-state index contributed by atoms with van der Waals surface area (Å²) in [6, 6.07) is 0. The van der Waals surface area contributed by atoms with E-state index in [-0.39, 0.29) is 40.9 Å². The van der Waals surface area contributed by atoms with E-state index in [0.717, 1.165) is 0 Å². The van der Waals surface area contributed by atoms with Gasteiger partial charge in [0.15, 0.2) is 0 Å². The molecular formula is C3H9ClMgN2O. The maximum absolute atomic E-state index is 3.67. The topological polar surface area (TPSA) is 60.2 Å². The first-order valence-electron chi connectivity index (χ1n) is 1.43. The molecule has 3 N–H and O–H groups in total. The van der Waals surface area contributed by atoms with E-state index >= 15 is 0 Å². The highest BCUT2D eigenvalue weighted by molar-refractivity contribution is 5.85. The second kappa shape index (κ2) is 10.3. The zero-order chi connectivity index (χ0) is 3.54. The summed E-state index contributed by atoms with van der Waals surface area (Å²) in [4.78, 5) is 6.42. The first kappa shape index (κ1) is 15.7. The van der Waals surface area contributed by atoms with Crippen LogP contribution in [0.4, 0.5) is 0 Å². The molecular weight excluding hydrogens is 140 g/mol. The molecule has 0 aromatic carbocycles. The zero-order valence-electron chi connectivity index (χ0n) is 3.59. The standard InChI is InChI=1S/C3H4N2.ClH.Mg.H2O.2H/c1-2-5-3-4-1;;;;;/h1-3H,(H,4,5);1H;;1H2;;. The molecule has 0 atom stereocenters. The van der Waals surface area contributed by atoms with Crippen LogP contribution in [-0.2, 0) is 0 Å². The molecule has 0 aliphatic rings. The van der Waals surface area contributed by atoms with Crippen molar-refractivity contribution in [1.82, 2.24) is 9.97 Å². The molecule has 8 heavy (non-hydrogen) atoms. The van der Waals surface area contributed by atoms with Gasteiger partial charge in [0.1, 0.15) is 0 Å². The van der Waals surface area contributed by atoms with Crippen molar-refractivity contribution in [1.29, 1.82) is 0 Å². The highest BCUT2D eigenvalue weighted by atomic mass is 35.5. The Labute approximate surface area is 69.8 Å². The zero-order valence-corrected chi connectivity index (χ0v) is 4.40. The van der Waals surface area contributed by atoms with Crippen molar-refractivity contribution in [2.24, 2.45) is 0 Å². The third-order valence-corrected chi connectivity index (χ3v) is 0.406. The quantitative estimate of drug-likeness (QED) is 0.477. The van der Waals surface area contributed by atoms with Crippen molar-refractivity contribution in [3.63, 3.8) is 0 Å². The van der Waals surface area contributed by atoms with E-state index in [4.69, 9.17) is 0 Å². The van der Waals surface area contributed by atoms with Crippen LogP contribution in [0.25, 0.3) is 0 Å². The number of hydrogen-bond acceptors (Lipinski definition) is 1. The van der Waals surface area contributed by atoms with Gasteiger partial charge in [-0.1, -0.05) is 0 Å². The number of halogens is 1. The molecule has 3 nitrogen and oxygen atoms in total. The summed E-state index contributed by atoms with van der Waals surface area (Å²) in [7, 11) is 0. The molecule has 0 bridgehead atoms. The monoisotopic (exact) mass is 148 g/mol. The summed E-state index contributed by atoms with van der Waals surface area (Å²) in [6.07, 6.45) is 5.08. The minimum Gasteiger partial charge on any atom is -0.412 e. The van der Waals surface area contributed by atoms with E-state index in [2.05, 4.69) is 9.97 Å². The lowest BCUT2D eigenvalue weighted by Crippen LogP contribution is -1.44. The third-order valence-electron chi connectivity index (χ3n) is 0.406. The van der Waals surface area contributed by atoms with Gasteiger partial charge in [0.25, 0.3) is 0 Å². The van der Waals surface area contributed by atoms with Crippen LogP contribution in [0.2, 0.25) is 0 Å². The summed E-state index contributed by atoms with van der Waals surface area (Å²) >= 11 is 0. The average Bonchev–Trinajstić information content (AvgIpc) is 1.76. The molecule has 1 heterocycles. The molecule has 1 aromatic rings. The molecule has 0 fully saturated rings. The van der Waals surface area contributed by atoms with Crippen LogP contribution in [0.3, 0.4) is 0 Å². The predicted octanol–water partition coefficient (Wildman–Crippen LogP) is -0.909.